The van der Waals surface area contributed by atoms with Crippen LogP contribution in [0.1, 0.15) is 58.4 Å². The fourth-order valence-corrected chi connectivity index (χ4v) is 4.73. The Bertz CT molecular complexity index is 1310. The van der Waals surface area contributed by atoms with E-state index in [0.29, 0.717) is 16.6 Å². The summed E-state index contributed by atoms with van der Waals surface area (Å²) in [6.45, 7) is -0.238. The Morgan fingerprint density at radius 3 is 2.35 bits per heavy atom. The topological polar surface area (TPSA) is 91.5 Å². The van der Waals surface area contributed by atoms with Crippen molar-refractivity contribution in [3.63, 3.8) is 0 Å². The molecule has 0 saturated heterocycles. The van der Waals surface area contributed by atoms with Gasteiger partial charge in [0.05, 0.1) is 11.1 Å². The van der Waals surface area contributed by atoms with Crippen molar-refractivity contribution in [2.75, 3.05) is 31.0 Å². The Morgan fingerprint density at radius 1 is 1.05 bits per heavy atom. The van der Waals surface area contributed by atoms with Crippen LogP contribution in [0.3, 0.4) is 0 Å². The van der Waals surface area contributed by atoms with E-state index >= 15 is 0 Å². The predicted octanol–water partition coefficient (Wildman–Crippen LogP) is 5.81. The van der Waals surface area contributed by atoms with Gasteiger partial charge in [0, 0.05) is 42.2 Å². The van der Waals surface area contributed by atoms with Gasteiger partial charge in [0.2, 0.25) is 5.91 Å². The van der Waals surface area contributed by atoms with Crippen LogP contribution >= 0.6 is 0 Å². The van der Waals surface area contributed by atoms with E-state index in [-0.39, 0.29) is 35.4 Å². The molecule has 10 heteroatoms. The number of nitrogens with one attached hydrogen (secondary N) is 2. The number of nitrogens with zero attached hydrogens (tertiary/aromatic N) is 1. The zero-order valence-corrected chi connectivity index (χ0v) is 20.6. The van der Waals surface area contributed by atoms with Crippen LogP contribution in [-0.4, -0.2) is 43.3 Å². The number of aromatic nitrogens is 1. The number of methoxy groups -OCH3 is 1. The van der Waals surface area contributed by atoms with E-state index < -0.39 is 23.4 Å². The van der Waals surface area contributed by atoms with Crippen molar-refractivity contribution >= 4 is 40.0 Å². The molecule has 2 aromatic carbocycles. The Hall–Kier alpha value is -3.66. The summed E-state index contributed by atoms with van der Waals surface area (Å²) in [6.07, 6.45) is 0.420. The summed E-state index contributed by atoms with van der Waals surface area (Å²) in [5, 5.41) is 3.12. The molecule has 7 nitrogen and oxygen atoms in total. The molecule has 1 heterocycles. The molecule has 1 fully saturated rings. The molecule has 3 aromatic rings. The highest BCUT2D eigenvalue weighted by molar-refractivity contribution is 6.17. The standard InChI is InChI=1S/C27H28F3N3O4/c1-33(26(36)17-6-4-3-5-7-17)19-12-13-20-21(14-19)31-24(23(20)22(34)15-37-2)32-25(35)16-8-10-18(11-9-16)27(28,29)30/h8-14,17,31H,3-7,15H2,1-2H3,(H,32,35). The van der Waals surface area contributed by atoms with Gasteiger partial charge in [0.15, 0.2) is 5.78 Å². The van der Waals surface area contributed by atoms with E-state index in [9.17, 15) is 27.6 Å². The predicted molar refractivity (Wildman–Crippen MR) is 134 cm³/mol. The summed E-state index contributed by atoms with van der Waals surface area (Å²) in [5.74, 6) is -0.958. The Balaban J connectivity index is 1.64. The second kappa shape index (κ2) is 10.8. The number of fused-ring (bicyclic) bond motifs is 1. The van der Waals surface area contributed by atoms with E-state index in [1.54, 1.807) is 30.1 Å². The molecule has 2 amide bonds. The third-order valence-electron chi connectivity index (χ3n) is 6.72. The molecule has 37 heavy (non-hydrogen) atoms. The minimum Gasteiger partial charge on any atom is -0.377 e. The first kappa shape index (κ1) is 26.4. The summed E-state index contributed by atoms with van der Waals surface area (Å²) in [7, 11) is 3.09. The lowest BCUT2D eigenvalue weighted by molar-refractivity contribution is -0.137. The maximum Gasteiger partial charge on any atom is 0.416 e. The van der Waals surface area contributed by atoms with Gasteiger partial charge in [-0.15, -0.1) is 0 Å². The number of amides is 2. The number of anilines is 2. The average molecular weight is 516 g/mol. The number of hydrogen-bond donors (Lipinski definition) is 2. The molecular formula is C27H28F3N3O4. The van der Waals surface area contributed by atoms with Crippen LogP contribution in [0.5, 0.6) is 0 Å². The van der Waals surface area contributed by atoms with Gasteiger partial charge in [-0.2, -0.15) is 13.2 Å². The summed E-state index contributed by atoms with van der Waals surface area (Å²) in [6, 6.07) is 8.95. The van der Waals surface area contributed by atoms with E-state index in [1.165, 1.54) is 7.11 Å². The van der Waals surface area contributed by atoms with Crippen molar-refractivity contribution in [2.45, 2.75) is 38.3 Å². The monoisotopic (exact) mass is 515 g/mol. The lowest BCUT2D eigenvalue weighted by atomic mass is 9.88. The molecular weight excluding hydrogens is 487 g/mol. The third-order valence-corrected chi connectivity index (χ3v) is 6.72. The number of benzene rings is 2. The number of rotatable bonds is 7. The van der Waals surface area contributed by atoms with Gasteiger partial charge in [-0.1, -0.05) is 19.3 Å². The number of H-pyrrole nitrogens is 1. The van der Waals surface area contributed by atoms with E-state index in [1.807, 2.05) is 0 Å². The van der Waals surface area contributed by atoms with Gasteiger partial charge >= 0.3 is 6.18 Å². The van der Waals surface area contributed by atoms with Crippen LogP contribution in [0, 0.1) is 5.92 Å². The van der Waals surface area contributed by atoms with Gasteiger partial charge in [-0.05, 0) is 55.3 Å². The number of carbonyl (C=O) groups excluding carboxylic acids is 3. The van der Waals surface area contributed by atoms with Crippen molar-refractivity contribution in [1.29, 1.82) is 0 Å². The maximum absolute atomic E-state index is 13.0. The van der Waals surface area contributed by atoms with Crippen LogP contribution in [0.15, 0.2) is 42.5 Å². The zero-order valence-electron chi connectivity index (χ0n) is 20.6. The Kier molecular flexibility index (Phi) is 7.68. The molecule has 4 rings (SSSR count). The fourth-order valence-electron chi connectivity index (χ4n) is 4.73. The molecule has 0 atom stereocenters. The van der Waals surface area contributed by atoms with Crippen LogP contribution in [0.4, 0.5) is 24.7 Å². The van der Waals surface area contributed by atoms with Gasteiger partial charge in [0.25, 0.3) is 5.91 Å². The molecule has 1 aliphatic carbocycles. The molecule has 2 N–H and O–H groups in total. The number of halogens is 3. The third kappa shape index (κ3) is 5.69. The van der Waals surface area contributed by atoms with E-state index in [0.717, 1.165) is 56.4 Å². The van der Waals surface area contributed by atoms with E-state index in [4.69, 9.17) is 4.74 Å². The molecule has 0 unspecified atom stereocenters. The lowest BCUT2D eigenvalue weighted by Crippen LogP contribution is -2.33. The van der Waals surface area contributed by atoms with Crippen molar-refractivity contribution in [3.05, 3.63) is 59.2 Å². The number of carbonyl (C=O) groups is 3. The van der Waals surface area contributed by atoms with Crippen molar-refractivity contribution in [3.8, 4) is 0 Å². The van der Waals surface area contributed by atoms with Crippen LogP contribution in [-0.2, 0) is 15.7 Å². The molecule has 0 radical (unpaired) electrons. The van der Waals surface area contributed by atoms with Crippen molar-refractivity contribution < 1.29 is 32.3 Å². The molecule has 1 aliphatic rings. The first-order valence-electron chi connectivity index (χ1n) is 12.0. The van der Waals surface area contributed by atoms with Crippen LogP contribution in [0.25, 0.3) is 10.9 Å². The van der Waals surface area contributed by atoms with Crippen molar-refractivity contribution in [2.24, 2.45) is 5.92 Å². The van der Waals surface area contributed by atoms with E-state index in [2.05, 4.69) is 10.3 Å². The Labute approximate surface area is 212 Å². The number of ketones is 1. The van der Waals surface area contributed by atoms with Gasteiger partial charge in [-0.3, -0.25) is 14.4 Å². The number of ether oxygens (including phenoxy) is 1. The molecule has 1 saturated carbocycles. The highest BCUT2D eigenvalue weighted by Crippen LogP contribution is 2.33. The quantitative estimate of drug-likeness (QED) is 0.389. The molecule has 0 aliphatic heterocycles. The van der Waals surface area contributed by atoms with Crippen molar-refractivity contribution in [1.82, 2.24) is 4.98 Å². The fraction of sp³-hybridized carbons (Fsp3) is 0.370. The zero-order chi connectivity index (χ0) is 26.7. The first-order valence-corrected chi connectivity index (χ1v) is 12.0. The highest BCUT2D eigenvalue weighted by Gasteiger charge is 2.30. The second-order valence-electron chi connectivity index (χ2n) is 9.22. The normalized spacial score (nSPS) is 14.5. The SMILES string of the molecule is COCC(=O)c1c(NC(=O)c2ccc(C(F)(F)F)cc2)[nH]c2cc(N(C)C(=O)C3CCCCC3)ccc12. The van der Waals surface area contributed by atoms with Gasteiger partial charge in [-0.25, -0.2) is 0 Å². The minimum atomic E-state index is -4.52. The smallest absolute Gasteiger partial charge is 0.377 e. The lowest BCUT2D eigenvalue weighted by Gasteiger charge is -2.26. The molecule has 196 valence electrons. The number of alkyl halides is 3. The summed E-state index contributed by atoms with van der Waals surface area (Å²) >= 11 is 0. The largest absolute Gasteiger partial charge is 0.416 e. The second-order valence-corrected chi connectivity index (χ2v) is 9.22. The molecule has 1 aromatic heterocycles. The Morgan fingerprint density at radius 2 is 1.73 bits per heavy atom. The number of hydrogen-bond acceptors (Lipinski definition) is 4. The first-order chi connectivity index (χ1) is 17.6. The number of Topliss-reactive ketones (excluding diaryl/α,β-unsaturated/α-hetero) is 1. The van der Waals surface area contributed by atoms with Crippen LogP contribution in [0.2, 0.25) is 0 Å². The summed E-state index contributed by atoms with van der Waals surface area (Å²) < 4.78 is 43.6. The van der Waals surface area contributed by atoms with Gasteiger partial charge < -0.3 is 19.9 Å². The van der Waals surface area contributed by atoms with Crippen LogP contribution < -0.4 is 10.2 Å². The highest BCUT2D eigenvalue weighted by atomic mass is 19.4. The minimum absolute atomic E-state index is 0.00435. The summed E-state index contributed by atoms with van der Waals surface area (Å²) in [4.78, 5) is 43.3. The average Bonchev–Trinajstić information content (AvgIpc) is 3.25. The molecule has 0 bridgehead atoms. The number of aromatic amines is 1. The summed E-state index contributed by atoms with van der Waals surface area (Å²) in [5.41, 5.74) is 0.462. The molecule has 0 spiro atoms. The van der Waals surface area contributed by atoms with Gasteiger partial charge in [0.1, 0.15) is 12.4 Å². The maximum atomic E-state index is 13.0.